The van der Waals surface area contributed by atoms with E-state index in [9.17, 15) is 9.18 Å². The first-order chi connectivity index (χ1) is 12.1. The fourth-order valence-corrected chi connectivity index (χ4v) is 2.71. The van der Waals surface area contributed by atoms with Crippen LogP contribution < -0.4 is 19.5 Å². The van der Waals surface area contributed by atoms with Crippen molar-refractivity contribution in [2.24, 2.45) is 0 Å². The Hall–Kier alpha value is -2.76. The van der Waals surface area contributed by atoms with Gasteiger partial charge in [0.25, 0.3) is 0 Å². The standard InChI is InChI=1S/C19H20FNO4/c1-12(14-4-6-16(23-2)15(20)11-14)21-19(22)10-13-3-5-17-18(9-13)25-8-7-24-17/h3-6,9,11-12H,7-8,10H2,1-2H3,(H,21,22)/t12-/m0/s1. The maximum Gasteiger partial charge on any atom is 0.224 e. The summed E-state index contributed by atoms with van der Waals surface area (Å²) in [5.41, 5.74) is 1.50. The minimum atomic E-state index is -0.451. The number of hydrogen-bond donors (Lipinski definition) is 1. The van der Waals surface area contributed by atoms with Crippen molar-refractivity contribution in [1.29, 1.82) is 0 Å². The third-order valence-corrected chi connectivity index (χ3v) is 4.02. The van der Waals surface area contributed by atoms with Crippen LogP contribution in [0.5, 0.6) is 17.2 Å². The van der Waals surface area contributed by atoms with E-state index < -0.39 is 5.82 Å². The average Bonchev–Trinajstić information content (AvgIpc) is 2.61. The van der Waals surface area contributed by atoms with Gasteiger partial charge < -0.3 is 19.5 Å². The van der Waals surface area contributed by atoms with Crippen molar-refractivity contribution >= 4 is 5.91 Å². The van der Waals surface area contributed by atoms with E-state index in [1.807, 2.05) is 19.1 Å². The minimum absolute atomic E-state index is 0.152. The molecule has 5 nitrogen and oxygen atoms in total. The summed E-state index contributed by atoms with van der Waals surface area (Å²) in [7, 11) is 1.41. The number of carbonyl (C=O) groups is 1. The first-order valence-electron chi connectivity index (χ1n) is 8.08. The number of hydrogen-bond acceptors (Lipinski definition) is 4. The topological polar surface area (TPSA) is 56.8 Å². The van der Waals surface area contributed by atoms with Crippen molar-refractivity contribution in [3.05, 3.63) is 53.3 Å². The molecule has 0 bridgehead atoms. The lowest BCUT2D eigenvalue weighted by Gasteiger charge is -2.19. The molecular formula is C19H20FNO4. The van der Waals surface area contributed by atoms with Crippen molar-refractivity contribution in [2.75, 3.05) is 20.3 Å². The zero-order valence-corrected chi connectivity index (χ0v) is 14.2. The molecule has 0 radical (unpaired) electrons. The van der Waals surface area contributed by atoms with Crippen molar-refractivity contribution < 1.29 is 23.4 Å². The van der Waals surface area contributed by atoms with Crippen LogP contribution in [-0.2, 0) is 11.2 Å². The maximum atomic E-state index is 13.8. The van der Waals surface area contributed by atoms with E-state index in [2.05, 4.69) is 5.32 Å². The molecule has 3 rings (SSSR count). The zero-order valence-electron chi connectivity index (χ0n) is 14.2. The highest BCUT2D eigenvalue weighted by molar-refractivity contribution is 5.79. The van der Waals surface area contributed by atoms with Crippen LogP contribution in [0.2, 0.25) is 0 Å². The number of amides is 1. The highest BCUT2D eigenvalue weighted by Crippen LogP contribution is 2.31. The van der Waals surface area contributed by atoms with Gasteiger partial charge in [0, 0.05) is 0 Å². The van der Waals surface area contributed by atoms with Gasteiger partial charge in [-0.25, -0.2) is 4.39 Å². The van der Waals surface area contributed by atoms with Crippen molar-refractivity contribution in [3.8, 4) is 17.2 Å². The van der Waals surface area contributed by atoms with Gasteiger partial charge in [-0.05, 0) is 42.3 Å². The molecule has 0 saturated heterocycles. The van der Waals surface area contributed by atoms with Gasteiger partial charge in [-0.2, -0.15) is 0 Å². The summed E-state index contributed by atoms with van der Waals surface area (Å²) in [6, 6.07) is 9.79. The van der Waals surface area contributed by atoms with Gasteiger partial charge in [-0.15, -0.1) is 0 Å². The molecule has 6 heteroatoms. The second-order valence-corrected chi connectivity index (χ2v) is 5.84. The summed E-state index contributed by atoms with van der Waals surface area (Å²) < 4.78 is 29.7. The molecular weight excluding hydrogens is 325 g/mol. The Kier molecular flexibility index (Phi) is 5.07. The van der Waals surface area contributed by atoms with Gasteiger partial charge >= 0.3 is 0 Å². The lowest BCUT2D eigenvalue weighted by Crippen LogP contribution is -2.28. The molecule has 1 atom stereocenters. The summed E-state index contributed by atoms with van der Waals surface area (Å²) >= 11 is 0. The summed E-state index contributed by atoms with van der Waals surface area (Å²) in [6.07, 6.45) is 0.208. The van der Waals surface area contributed by atoms with Crippen LogP contribution in [0.15, 0.2) is 36.4 Å². The van der Waals surface area contributed by atoms with Crippen LogP contribution in [0, 0.1) is 5.82 Å². The van der Waals surface area contributed by atoms with Gasteiger partial charge in [-0.3, -0.25) is 4.79 Å². The molecule has 0 fully saturated rings. The Balaban J connectivity index is 1.63. The molecule has 1 aliphatic heterocycles. The van der Waals surface area contributed by atoms with Gasteiger partial charge in [0.1, 0.15) is 13.2 Å². The third kappa shape index (κ3) is 4.02. The van der Waals surface area contributed by atoms with Crippen LogP contribution in [-0.4, -0.2) is 26.2 Å². The van der Waals surface area contributed by atoms with Crippen LogP contribution >= 0.6 is 0 Å². The smallest absolute Gasteiger partial charge is 0.224 e. The largest absolute Gasteiger partial charge is 0.494 e. The zero-order chi connectivity index (χ0) is 17.8. The van der Waals surface area contributed by atoms with Crippen LogP contribution in [0.3, 0.4) is 0 Å². The van der Waals surface area contributed by atoms with E-state index in [1.165, 1.54) is 13.2 Å². The van der Waals surface area contributed by atoms with Crippen LogP contribution in [0.1, 0.15) is 24.1 Å². The number of rotatable bonds is 5. The fraction of sp³-hybridized carbons (Fsp3) is 0.316. The van der Waals surface area contributed by atoms with Crippen molar-refractivity contribution in [2.45, 2.75) is 19.4 Å². The first-order valence-corrected chi connectivity index (χ1v) is 8.08. The van der Waals surface area contributed by atoms with E-state index in [-0.39, 0.29) is 24.1 Å². The number of methoxy groups -OCH3 is 1. The molecule has 1 amide bonds. The number of benzene rings is 2. The molecule has 2 aromatic rings. The predicted octanol–water partition coefficient (Wildman–Crippen LogP) is 3.03. The highest BCUT2D eigenvalue weighted by atomic mass is 19.1. The number of halogens is 1. The molecule has 2 aromatic carbocycles. The summed E-state index contributed by atoms with van der Waals surface area (Å²) in [4.78, 5) is 12.3. The molecule has 25 heavy (non-hydrogen) atoms. The molecule has 0 unspecified atom stereocenters. The summed E-state index contributed by atoms with van der Waals surface area (Å²) in [5.74, 6) is 0.922. The Bertz CT molecular complexity index is 778. The van der Waals surface area contributed by atoms with E-state index in [1.54, 1.807) is 18.2 Å². The molecule has 1 heterocycles. The first kappa shape index (κ1) is 17.1. The summed E-state index contributed by atoms with van der Waals surface area (Å²) in [5, 5.41) is 2.87. The molecule has 0 aliphatic carbocycles. The van der Waals surface area contributed by atoms with E-state index in [0.717, 1.165) is 5.56 Å². The van der Waals surface area contributed by atoms with E-state index in [0.29, 0.717) is 30.3 Å². The predicted molar refractivity (Wildman–Crippen MR) is 90.6 cm³/mol. The quantitative estimate of drug-likeness (QED) is 0.905. The minimum Gasteiger partial charge on any atom is -0.494 e. The van der Waals surface area contributed by atoms with Gasteiger partial charge in [-0.1, -0.05) is 12.1 Å². The average molecular weight is 345 g/mol. The monoisotopic (exact) mass is 345 g/mol. The molecule has 1 aliphatic rings. The van der Waals surface area contributed by atoms with Crippen molar-refractivity contribution in [3.63, 3.8) is 0 Å². The molecule has 132 valence electrons. The lowest BCUT2D eigenvalue weighted by atomic mass is 10.1. The number of fused-ring (bicyclic) bond motifs is 1. The van der Waals surface area contributed by atoms with E-state index in [4.69, 9.17) is 14.2 Å². The maximum absolute atomic E-state index is 13.8. The van der Waals surface area contributed by atoms with E-state index >= 15 is 0 Å². The van der Waals surface area contributed by atoms with Gasteiger partial charge in [0.15, 0.2) is 23.1 Å². The van der Waals surface area contributed by atoms with Crippen molar-refractivity contribution in [1.82, 2.24) is 5.32 Å². The Morgan fingerprint density at radius 3 is 2.68 bits per heavy atom. The molecule has 0 aromatic heterocycles. The summed E-state index contributed by atoms with van der Waals surface area (Å²) in [6.45, 7) is 2.84. The van der Waals surface area contributed by atoms with Gasteiger partial charge in [0.05, 0.1) is 19.6 Å². The Morgan fingerprint density at radius 1 is 1.20 bits per heavy atom. The Morgan fingerprint density at radius 2 is 1.96 bits per heavy atom. The second-order valence-electron chi connectivity index (χ2n) is 5.84. The van der Waals surface area contributed by atoms with Gasteiger partial charge in [0.2, 0.25) is 5.91 Å². The Labute approximate surface area is 145 Å². The van der Waals surface area contributed by atoms with Crippen LogP contribution in [0.4, 0.5) is 4.39 Å². The fourth-order valence-electron chi connectivity index (χ4n) is 2.71. The van der Waals surface area contributed by atoms with Crippen LogP contribution in [0.25, 0.3) is 0 Å². The normalized spacial score (nSPS) is 13.9. The number of nitrogens with one attached hydrogen (secondary N) is 1. The SMILES string of the molecule is COc1ccc([C@H](C)NC(=O)Cc2ccc3c(c2)OCCO3)cc1F. The molecule has 0 spiro atoms. The number of ether oxygens (including phenoxy) is 3. The lowest BCUT2D eigenvalue weighted by molar-refractivity contribution is -0.121. The highest BCUT2D eigenvalue weighted by Gasteiger charge is 2.15. The molecule has 0 saturated carbocycles. The third-order valence-electron chi connectivity index (χ3n) is 4.02. The number of carbonyl (C=O) groups excluding carboxylic acids is 1. The molecule has 1 N–H and O–H groups in total. The second kappa shape index (κ2) is 7.42.